The molecular formula is C14H17N3O6. The number of carbonyl (C=O) groups is 4. The number of nitrogens with zero attached hydrogens (tertiary/aromatic N) is 1. The fraction of sp³-hybridized carbons (Fsp3) is 0.357. The van der Waals surface area contributed by atoms with Gasteiger partial charge in [0.25, 0.3) is 5.91 Å². The highest BCUT2D eigenvalue weighted by Gasteiger charge is 2.10. The van der Waals surface area contributed by atoms with Crippen LogP contribution < -0.4 is 10.6 Å². The molecule has 0 unspecified atom stereocenters. The molecule has 1 aromatic rings. The van der Waals surface area contributed by atoms with E-state index in [9.17, 15) is 19.2 Å². The predicted octanol–water partition coefficient (Wildman–Crippen LogP) is -0.836. The largest absolute Gasteiger partial charge is 0.468 e. The molecule has 124 valence electrons. The van der Waals surface area contributed by atoms with Crippen LogP contribution in [-0.4, -0.2) is 48.9 Å². The van der Waals surface area contributed by atoms with E-state index in [1.165, 1.54) is 32.4 Å². The Kier molecular flexibility index (Phi) is 7.18. The first-order valence-electron chi connectivity index (χ1n) is 6.62. The number of carbonyl (C=O) groups excluding carboxylic acids is 4. The first-order chi connectivity index (χ1) is 10.9. The molecule has 9 heteroatoms. The van der Waals surface area contributed by atoms with Crippen LogP contribution in [0.4, 0.5) is 0 Å². The number of rotatable bonds is 7. The first kappa shape index (κ1) is 18.1. The maximum atomic E-state index is 11.9. The summed E-state index contributed by atoms with van der Waals surface area (Å²) in [5.74, 6) is -2.07. The summed E-state index contributed by atoms with van der Waals surface area (Å²) in [5.41, 5.74) is 0.672. The Morgan fingerprint density at radius 3 is 2.57 bits per heavy atom. The number of aromatic nitrogens is 1. The third-order valence-corrected chi connectivity index (χ3v) is 2.57. The molecule has 23 heavy (non-hydrogen) atoms. The van der Waals surface area contributed by atoms with Gasteiger partial charge in [0, 0.05) is 18.7 Å². The molecule has 0 saturated carbocycles. The average molecular weight is 323 g/mol. The van der Waals surface area contributed by atoms with E-state index in [-0.39, 0.29) is 25.3 Å². The molecule has 1 rings (SSSR count). The number of hydrogen-bond donors (Lipinski definition) is 2. The SMILES string of the molecule is COC(=O)CNC(=O)CNC(=O)c1ccnc(COC(C)=O)c1. The van der Waals surface area contributed by atoms with E-state index in [0.29, 0.717) is 5.69 Å². The lowest BCUT2D eigenvalue weighted by molar-refractivity contribution is -0.142. The highest BCUT2D eigenvalue weighted by Crippen LogP contribution is 2.03. The average Bonchev–Trinajstić information content (AvgIpc) is 2.55. The van der Waals surface area contributed by atoms with Crippen LogP contribution in [0, 0.1) is 0 Å². The van der Waals surface area contributed by atoms with Crippen molar-refractivity contribution in [3.05, 3.63) is 29.6 Å². The van der Waals surface area contributed by atoms with Crippen LogP contribution in [0.2, 0.25) is 0 Å². The molecule has 0 aliphatic rings. The normalized spacial score (nSPS) is 9.65. The first-order valence-corrected chi connectivity index (χ1v) is 6.62. The molecule has 1 aromatic heterocycles. The minimum Gasteiger partial charge on any atom is -0.468 e. The molecule has 2 amide bonds. The standard InChI is InChI=1S/C14H17N3O6/c1-9(18)23-8-11-5-10(3-4-15-11)14(21)17-6-12(19)16-7-13(20)22-2/h3-5H,6-8H2,1-2H3,(H,16,19)(H,17,21). The van der Waals surface area contributed by atoms with Gasteiger partial charge in [-0.3, -0.25) is 24.2 Å². The Hall–Kier alpha value is -2.97. The predicted molar refractivity (Wildman–Crippen MR) is 77.1 cm³/mol. The molecular weight excluding hydrogens is 306 g/mol. The monoisotopic (exact) mass is 323 g/mol. The highest BCUT2D eigenvalue weighted by atomic mass is 16.5. The van der Waals surface area contributed by atoms with Gasteiger partial charge in [0.2, 0.25) is 5.91 Å². The van der Waals surface area contributed by atoms with Crippen molar-refractivity contribution in [3.8, 4) is 0 Å². The van der Waals surface area contributed by atoms with Crippen LogP contribution in [-0.2, 0) is 30.5 Å². The number of pyridine rings is 1. The molecule has 0 saturated heterocycles. The Labute approximate surface area is 132 Å². The topological polar surface area (TPSA) is 124 Å². The molecule has 0 atom stereocenters. The third kappa shape index (κ3) is 7.02. The lowest BCUT2D eigenvalue weighted by Gasteiger charge is -2.07. The Morgan fingerprint density at radius 2 is 1.91 bits per heavy atom. The molecule has 1 heterocycles. The van der Waals surface area contributed by atoms with Gasteiger partial charge in [-0.15, -0.1) is 0 Å². The van der Waals surface area contributed by atoms with Gasteiger partial charge in [0.15, 0.2) is 0 Å². The van der Waals surface area contributed by atoms with Gasteiger partial charge in [-0.05, 0) is 12.1 Å². The second kappa shape index (κ2) is 9.13. The summed E-state index contributed by atoms with van der Waals surface area (Å²) in [4.78, 5) is 48.9. The molecule has 0 bridgehead atoms. The van der Waals surface area contributed by atoms with Crippen LogP contribution in [0.1, 0.15) is 23.0 Å². The van der Waals surface area contributed by atoms with Crippen molar-refractivity contribution in [2.75, 3.05) is 20.2 Å². The second-order valence-corrected chi connectivity index (χ2v) is 4.35. The van der Waals surface area contributed by atoms with Crippen LogP contribution in [0.15, 0.2) is 18.3 Å². The van der Waals surface area contributed by atoms with E-state index in [2.05, 4.69) is 20.4 Å². The van der Waals surface area contributed by atoms with E-state index in [0.717, 1.165) is 0 Å². The summed E-state index contributed by atoms with van der Waals surface area (Å²) in [6.07, 6.45) is 1.39. The van der Waals surface area contributed by atoms with Crippen molar-refractivity contribution in [3.63, 3.8) is 0 Å². The maximum absolute atomic E-state index is 11.9. The van der Waals surface area contributed by atoms with Gasteiger partial charge in [-0.2, -0.15) is 0 Å². The van der Waals surface area contributed by atoms with E-state index < -0.39 is 23.8 Å². The lowest BCUT2D eigenvalue weighted by Crippen LogP contribution is -2.39. The van der Waals surface area contributed by atoms with Gasteiger partial charge in [-0.25, -0.2) is 0 Å². The van der Waals surface area contributed by atoms with Crippen LogP contribution in [0.3, 0.4) is 0 Å². The Morgan fingerprint density at radius 1 is 1.17 bits per heavy atom. The zero-order valence-corrected chi connectivity index (χ0v) is 12.8. The van der Waals surface area contributed by atoms with Gasteiger partial charge >= 0.3 is 11.9 Å². The summed E-state index contributed by atoms with van der Waals surface area (Å²) in [6, 6.07) is 2.91. The summed E-state index contributed by atoms with van der Waals surface area (Å²) in [7, 11) is 1.20. The summed E-state index contributed by atoms with van der Waals surface area (Å²) < 4.78 is 9.15. The molecule has 0 aliphatic heterocycles. The van der Waals surface area contributed by atoms with Crippen LogP contribution in [0.25, 0.3) is 0 Å². The number of nitrogens with one attached hydrogen (secondary N) is 2. The number of amides is 2. The van der Waals surface area contributed by atoms with Crippen molar-refractivity contribution in [1.29, 1.82) is 0 Å². The minimum absolute atomic E-state index is 0.0456. The van der Waals surface area contributed by atoms with E-state index in [1.807, 2.05) is 0 Å². The molecule has 0 aromatic carbocycles. The van der Waals surface area contributed by atoms with Crippen molar-refractivity contribution in [2.45, 2.75) is 13.5 Å². The summed E-state index contributed by atoms with van der Waals surface area (Å²) in [6.45, 7) is 0.657. The van der Waals surface area contributed by atoms with Gasteiger partial charge < -0.3 is 20.1 Å². The summed E-state index contributed by atoms with van der Waals surface area (Å²) >= 11 is 0. The van der Waals surface area contributed by atoms with Gasteiger partial charge in [0.05, 0.1) is 19.3 Å². The van der Waals surface area contributed by atoms with Gasteiger partial charge in [0.1, 0.15) is 13.2 Å². The number of esters is 2. The minimum atomic E-state index is -0.589. The highest BCUT2D eigenvalue weighted by molar-refractivity contribution is 5.96. The van der Waals surface area contributed by atoms with E-state index in [1.54, 1.807) is 0 Å². The summed E-state index contributed by atoms with van der Waals surface area (Å²) in [5, 5.41) is 4.68. The molecule has 0 spiro atoms. The zero-order chi connectivity index (χ0) is 17.2. The number of methoxy groups -OCH3 is 1. The molecule has 2 N–H and O–H groups in total. The molecule has 0 radical (unpaired) electrons. The molecule has 0 aliphatic carbocycles. The Bertz CT molecular complexity index is 602. The second-order valence-electron chi connectivity index (χ2n) is 4.35. The van der Waals surface area contributed by atoms with E-state index in [4.69, 9.17) is 4.74 Å². The molecule has 0 fully saturated rings. The quantitative estimate of drug-likeness (QED) is 0.627. The van der Waals surface area contributed by atoms with Crippen LogP contribution >= 0.6 is 0 Å². The smallest absolute Gasteiger partial charge is 0.325 e. The Balaban J connectivity index is 2.48. The number of hydrogen-bond acceptors (Lipinski definition) is 7. The van der Waals surface area contributed by atoms with Crippen molar-refractivity contribution < 1.29 is 28.7 Å². The lowest BCUT2D eigenvalue weighted by atomic mass is 10.2. The third-order valence-electron chi connectivity index (χ3n) is 2.57. The van der Waals surface area contributed by atoms with E-state index >= 15 is 0 Å². The maximum Gasteiger partial charge on any atom is 0.325 e. The van der Waals surface area contributed by atoms with Gasteiger partial charge in [-0.1, -0.05) is 0 Å². The van der Waals surface area contributed by atoms with Crippen molar-refractivity contribution >= 4 is 23.8 Å². The zero-order valence-electron chi connectivity index (χ0n) is 12.8. The fourth-order valence-corrected chi connectivity index (χ4v) is 1.44. The van der Waals surface area contributed by atoms with Crippen LogP contribution in [0.5, 0.6) is 0 Å². The fourth-order valence-electron chi connectivity index (χ4n) is 1.44. The van der Waals surface area contributed by atoms with Crippen molar-refractivity contribution in [2.24, 2.45) is 0 Å². The molecule has 9 nitrogen and oxygen atoms in total. The number of ether oxygens (including phenoxy) is 2. The van der Waals surface area contributed by atoms with Crippen molar-refractivity contribution in [1.82, 2.24) is 15.6 Å².